The number of carbonyl (C=O) groups is 2. The number of nitrogens with two attached hydrogens (primary N) is 1. The Morgan fingerprint density at radius 3 is 2.21 bits per heavy atom. The minimum Gasteiger partial charge on any atom is -0.368 e. The SMILES string of the molecule is CC(C)[C@@H](NC(=O)Cc1c(F)cccc1F)C(N)=O. The number of hydrogen-bond acceptors (Lipinski definition) is 2. The number of carbonyl (C=O) groups excluding carboxylic acids is 2. The van der Waals surface area contributed by atoms with E-state index in [1.54, 1.807) is 13.8 Å². The molecule has 0 fully saturated rings. The van der Waals surface area contributed by atoms with E-state index in [4.69, 9.17) is 5.73 Å². The summed E-state index contributed by atoms with van der Waals surface area (Å²) in [5.74, 6) is -3.13. The molecule has 1 atom stereocenters. The molecule has 2 amide bonds. The van der Waals surface area contributed by atoms with Crippen molar-refractivity contribution < 1.29 is 18.4 Å². The summed E-state index contributed by atoms with van der Waals surface area (Å²) in [6.45, 7) is 3.42. The van der Waals surface area contributed by atoms with Crippen molar-refractivity contribution in [2.75, 3.05) is 0 Å². The maximum Gasteiger partial charge on any atom is 0.240 e. The highest BCUT2D eigenvalue weighted by atomic mass is 19.1. The van der Waals surface area contributed by atoms with Crippen molar-refractivity contribution in [3.8, 4) is 0 Å². The average Bonchev–Trinajstić information content (AvgIpc) is 2.30. The maximum atomic E-state index is 13.4. The van der Waals surface area contributed by atoms with E-state index in [2.05, 4.69) is 5.32 Å². The minimum atomic E-state index is -0.859. The van der Waals surface area contributed by atoms with Crippen LogP contribution < -0.4 is 11.1 Å². The van der Waals surface area contributed by atoms with Crippen LogP contribution in [0.15, 0.2) is 18.2 Å². The van der Waals surface area contributed by atoms with Gasteiger partial charge in [0.05, 0.1) is 6.42 Å². The molecule has 0 radical (unpaired) electrons. The Balaban J connectivity index is 2.78. The van der Waals surface area contributed by atoms with Crippen molar-refractivity contribution in [3.05, 3.63) is 35.4 Å². The molecule has 104 valence electrons. The van der Waals surface area contributed by atoms with Gasteiger partial charge in [0.15, 0.2) is 0 Å². The van der Waals surface area contributed by atoms with Crippen molar-refractivity contribution in [3.63, 3.8) is 0 Å². The molecular formula is C13H16F2N2O2. The molecule has 1 aromatic rings. The quantitative estimate of drug-likeness (QED) is 0.842. The normalized spacial score (nSPS) is 12.3. The highest BCUT2D eigenvalue weighted by Crippen LogP contribution is 2.13. The van der Waals surface area contributed by atoms with E-state index in [-0.39, 0.29) is 11.5 Å². The second-order valence-electron chi connectivity index (χ2n) is 4.57. The molecule has 0 bridgehead atoms. The lowest BCUT2D eigenvalue weighted by molar-refractivity contribution is -0.128. The van der Waals surface area contributed by atoms with Gasteiger partial charge in [0.25, 0.3) is 0 Å². The first-order valence-electron chi connectivity index (χ1n) is 5.84. The molecule has 0 aromatic heterocycles. The second-order valence-corrected chi connectivity index (χ2v) is 4.57. The first kappa shape index (κ1) is 15.1. The third kappa shape index (κ3) is 4.01. The third-order valence-corrected chi connectivity index (χ3v) is 2.69. The Hall–Kier alpha value is -1.98. The highest BCUT2D eigenvalue weighted by molar-refractivity contribution is 5.87. The fourth-order valence-corrected chi connectivity index (χ4v) is 1.65. The van der Waals surface area contributed by atoms with Crippen molar-refractivity contribution >= 4 is 11.8 Å². The molecule has 0 aliphatic rings. The average molecular weight is 270 g/mol. The van der Waals surface area contributed by atoms with Gasteiger partial charge < -0.3 is 11.1 Å². The molecule has 0 saturated carbocycles. The Bertz CT molecular complexity index is 469. The molecule has 1 rings (SSSR count). The van der Waals surface area contributed by atoms with Gasteiger partial charge in [-0.15, -0.1) is 0 Å². The number of rotatable bonds is 5. The minimum absolute atomic E-state index is 0.202. The van der Waals surface area contributed by atoms with Crippen molar-refractivity contribution in [2.45, 2.75) is 26.3 Å². The van der Waals surface area contributed by atoms with Crippen molar-refractivity contribution in [1.82, 2.24) is 5.32 Å². The Morgan fingerprint density at radius 1 is 1.26 bits per heavy atom. The molecule has 4 nitrogen and oxygen atoms in total. The largest absolute Gasteiger partial charge is 0.368 e. The molecule has 0 spiro atoms. The van der Waals surface area contributed by atoms with Gasteiger partial charge in [-0.2, -0.15) is 0 Å². The van der Waals surface area contributed by atoms with Gasteiger partial charge in [-0.3, -0.25) is 9.59 Å². The molecular weight excluding hydrogens is 254 g/mol. The van der Waals surface area contributed by atoms with E-state index in [9.17, 15) is 18.4 Å². The molecule has 0 aliphatic carbocycles. The van der Waals surface area contributed by atoms with E-state index in [0.717, 1.165) is 12.1 Å². The lowest BCUT2D eigenvalue weighted by Gasteiger charge is -2.19. The molecule has 6 heteroatoms. The molecule has 1 aromatic carbocycles. The van der Waals surface area contributed by atoms with Crippen LogP contribution in [0.1, 0.15) is 19.4 Å². The van der Waals surface area contributed by atoms with Crippen LogP contribution in [0.5, 0.6) is 0 Å². The van der Waals surface area contributed by atoms with Crippen LogP contribution in [0, 0.1) is 17.6 Å². The summed E-state index contributed by atoms with van der Waals surface area (Å²) in [4.78, 5) is 22.8. The molecule has 0 aliphatic heterocycles. The fourth-order valence-electron chi connectivity index (χ4n) is 1.65. The van der Waals surface area contributed by atoms with Gasteiger partial charge in [0, 0.05) is 5.56 Å². The van der Waals surface area contributed by atoms with E-state index in [1.165, 1.54) is 6.07 Å². The molecule has 0 unspecified atom stereocenters. The molecule has 0 heterocycles. The first-order chi connectivity index (χ1) is 8.82. The van der Waals surface area contributed by atoms with Gasteiger partial charge in [-0.05, 0) is 18.1 Å². The molecule has 19 heavy (non-hydrogen) atoms. The number of amides is 2. The zero-order valence-electron chi connectivity index (χ0n) is 10.7. The zero-order chi connectivity index (χ0) is 14.6. The van der Waals surface area contributed by atoms with Crippen LogP contribution in [0.25, 0.3) is 0 Å². The molecule has 0 saturated heterocycles. The Labute approximate surface area is 110 Å². The van der Waals surface area contributed by atoms with Crippen molar-refractivity contribution in [1.29, 1.82) is 0 Å². The number of benzene rings is 1. The summed E-state index contributed by atoms with van der Waals surface area (Å²) in [6.07, 6.45) is -0.477. The summed E-state index contributed by atoms with van der Waals surface area (Å²) in [5.41, 5.74) is 4.81. The van der Waals surface area contributed by atoms with Crippen LogP contribution in [0.4, 0.5) is 8.78 Å². The lowest BCUT2D eigenvalue weighted by atomic mass is 10.0. The van der Waals surface area contributed by atoms with Crippen LogP contribution >= 0.6 is 0 Å². The molecule has 3 N–H and O–H groups in total. The topological polar surface area (TPSA) is 72.2 Å². The second kappa shape index (κ2) is 6.26. The van der Waals surface area contributed by atoms with E-state index in [0.29, 0.717) is 0 Å². The summed E-state index contributed by atoms with van der Waals surface area (Å²) in [6, 6.07) is 2.49. The smallest absolute Gasteiger partial charge is 0.240 e. The van der Waals surface area contributed by atoms with Crippen LogP contribution in [0.3, 0.4) is 0 Å². The summed E-state index contributed by atoms with van der Waals surface area (Å²) in [7, 11) is 0. The van der Waals surface area contributed by atoms with Gasteiger partial charge in [-0.1, -0.05) is 19.9 Å². The van der Waals surface area contributed by atoms with Crippen LogP contribution in [-0.2, 0) is 16.0 Å². The Kier molecular flexibility index (Phi) is 4.97. The summed E-state index contributed by atoms with van der Waals surface area (Å²) in [5, 5.41) is 2.37. The Morgan fingerprint density at radius 2 is 1.79 bits per heavy atom. The van der Waals surface area contributed by atoms with Gasteiger partial charge >= 0.3 is 0 Å². The maximum absolute atomic E-state index is 13.4. The number of halogens is 2. The summed E-state index contributed by atoms with van der Waals surface area (Å²) >= 11 is 0. The van der Waals surface area contributed by atoms with Crippen LogP contribution in [0.2, 0.25) is 0 Å². The predicted octanol–water partition coefficient (Wildman–Crippen LogP) is 1.13. The summed E-state index contributed by atoms with van der Waals surface area (Å²) < 4.78 is 26.7. The van der Waals surface area contributed by atoms with Gasteiger partial charge in [-0.25, -0.2) is 8.78 Å². The van der Waals surface area contributed by atoms with Gasteiger partial charge in [0.2, 0.25) is 11.8 Å². The number of hydrogen-bond donors (Lipinski definition) is 2. The van der Waals surface area contributed by atoms with E-state index < -0.39 is 35.9 Å². The van der Waals surface area contributed by atoms with Gasteiger partial charge in [0.1, 0.15) is 17.7 Å². The monoisotopic (exact) mass is 270 g/mol. The lowest BCUT2D eigenvalue weighted by Crippen LogP contribution is -2.48. The fraction of sp³-hybridized carbons (Fsp3) is 0.385. The highest BCUT2D eigenvalue weighted by Gasteiger charge is 2.22. The standard InChI is InChI=1S/C13H16F2N2O2/c1-7(2)12(13(16)19)17-11(18)6-8-9(14)4-3-5-10(8)15/h3-5,7,12H,6H2,1-2H3,(H2,16,19)(H,17,18)/t12-/m1/s1. The number of nitrogens with one attached hydrogen (secondary N) is 1. The van der Waals surface area contributed by atoms with Crippen molar-refractivity contribution in [2.24, 2.45) is 11.7 Å². The predicted molar refractivity (Wildman–Crippen MR) is 66.0 cm³/mol. The first-order valence-corrected chi connectivity index (χ1v) is 5.84. The van der Waals surface area contributed by atoms with E-state index in [1.807, 2.05) is 0 Å². The number of primary amides is 1. The third-order valence-electron chi connectivity index (χ3n) is 2.69. The zero-order valence-corrected chi connectivity index (χ0v) is 10.7. The van der Waals surface area contributed by atoms with E-state index >= 15 is 0 Å². The van der Waals surface area contributed by atoms with Crippen LogP contribution in [-0.4, -0.2) is 17.9 Å².